The molecule has 90 valence electrons. The number of aromatic nitrogens is 4. The van der Waals surface area contributed by atoms with Crippen molar-refractivity contribution in [3.05, 3.63) is 26.5 Å². The molecule has 3 N–H and O–H groups in total. The van der Waals surface area contributed by atoms with Crippen molar-refractivity contribution in [3.8, 4) is 5.82 Å². The van der Waals surface area contributed by atoms with Gasteiger partial charge < -0.3 is 0 Å². The SMILES string of the molecule is Cc1nn(-c2nc(NN)ncc2Br)c(C)c1Br. The van der Waals surface area contributed by atoms with Crippen molar-refractivity contribution >= 4 is 37.8 Å². The van der Waals surface area contributed by atoms with Gasteiger partial charge in [-0.2, -0.15) is 10.1 Å². The topological polar surface area (TPSA) is 81.7 Å². The minimum Gasteiger partial charge on any atom is -0.292 e. The highest BCUT2D eigenvalue weighted by Gasteiger charge is 2.14. The molecule has 0 spiro atoms. The number of hydrogen-bond acceptors (Lipinski definition) is 5. The van der Waals surface area contributed by atoms with Crippen LogP contribution in [0.2, 0.25) is 0 Å². The van der Waals surface area contributed by atoms with E-state index < -0.39 is 0 Å². The predicted molar refractivity (Wildman–Crippen MR) is 71.8 cm³/mol. The average Bonchev–Trinajstić information content (AvgIpc) is 2.58. The fourth-order valence-electron chi connectivity index (χ4n) is 1.41. The van der Waals surface area contributed by atoms with Crippen LogP contribution in [0.4, 0.5) is 5.95 Å². The minimum absolute atomic E-state index is 0.340. The molecule has 0 aromatic carbocycles. The summed E-state index contributed by atoms with van der Waals surface area (Å²) >= 11 is 6.87. The van der Waals surface area contributed by atoms with Gasteiger partial charge in [0.05, 0.1) is 20.3 Å². The van der Waals surface area contributed by atoms with E-state index in [4.69, 9.17) is 5.84 Å². The van der Waals surface area contributed by atoms with Crippen LogP contribution in [0.5, 0.6) is 0 Å². The zero-order valence-electron chi connectivity index (χ0n) is 9.20. The van der Waals surface area contributed by atoms with Crippen molar-refractivity contribution < 1.29 is 0 Å². The molecule has 2 heterocycles. The van der Waals surface area contributed by atoms with Crippen LogP contribution in [-0.2, 0) is 0 Å². The largest absolute Gasteiger partial charge is 0.292 e. The van der Waals surface area contributed by atoms with Gasteiger partial charge in [-0.1, -0.05) is 0 Å². The molecule has 0 amide bonds. The van der Waals surface area contributed by atoms with Gasteiger partial charge >= 0.3 is 0 Å². The van der Waals surface area contributed by atoms with Gasteiger partial charge in [-0.3, -0.25) is 5.43 Å². The maximum Gasteiger partial charge on any atom is 0.239 e. The molecule has 6 nitrogen and oxygen atoms in total. The number of nitrogens with two attached hydrogens (primary N) is 1. The number of hydrogen-bond donors (Lipinski definition) is 2. The molecule has 2 rings (SSSR count). The lowest BCUT2D eigenvalue weighted by molar-refractivity contribution is 0.796. The molecule has 8 heteroatoms. The van der Waals surface area contributed by atoms with Gasteiger partial charge in [-0.25, -0.2) is 15.5 Å². The fraction of sp³-hybridized carbons (Fsp3) is 0.222. The van der Waals surface area contributed by atoms with Gasteiger partial charge in [-0.15, -0.1) is 0 Å². The van der Waals surface area contributed by atoms with Crippen molar-refractivity contribution in [1.29, 1.82) is 0 Å². The zero-order chi connectivity index (χ0) is 12.6. The van der Waals surface area contributed by atoms with Crippen LogP contribution in [0, 0.1) is 13.8 Å². The number of hydrazine groups is 1. The molecule has 0 atom stereocenters. The standard InChI is InChI=1S/C9H10Br2N6/c1-4-7(11)5(2)17(16-4)8-6(10)3-13-9(14-8)15-12/h3H,12H2,1-2H3,(H,13,14,15). The van der Waals surface area contributed by atoms with Crippen LogP contribution in [0.3, 0.4) is 0 Å². The number of nitrogen functional groups attached to an aromatic ring is 1. The molecule has 0 radical (unpaired) electrons. The molecule has 0 fully saturated rings. The van der Waals surface area contributed by atoms with E-state index in [0.717, 1.165) is 20.3 Å². The van der Waals surface area contributed by atoms with E-state index in [9.17, 15) is 0 Å². The summed E-state index contributed by atoms with van der Waals surface area (Å²) in [5, 5.41) is 4.40. The van der Waals surface area contributed by atoms with E-state index >= 15 is 0 Å². The summed E-state index contributed by atoms with van der Waals surface area (Å²) < 4.78 is 3.44. The summed E-state index contributed by atoms with van der Waals surface area (Å²) in [4.78, 5) is 8.26. The predicted octanol–water partition coefficient (Wildman–Crippen LogP) is 2.09. The maximum absolute atomic E-state index is 5.29. The average molecular weight is 362 g/mol. The second kappa shape index (κ2) is 4.71. The molecule has 0 unspecified atom stereocenters. The molecular formula is C9H10Br2N6. The second-order valence-corrected chi connectivity index (χ2v) is 5.05. The highest BCUT2D eigenvalue weighted by Crippen LogP contribution is 2.25. The summed E-state index contributed by atoms with van der Waals surface area (Å²) in [6.07, 6.45) is 1.63. The smallest absolute Gasteiger partial charge is 0.239 e. The van der Waals surface area contributed by atoms with Crippen molar-refractivity contribution in [3.63, 3.8) is 0 Å². The Labute approximate surface area is 115 Å². The van der Waals surface area contributed by atoms with Crippen molar-refractivity contribution in [2.24, 2.45) is 5.84 Å². The number of rotatable bonds is 2. The van der Waals surface area contributed by atoms with Crippen LogP contribution in [-0.4, -0.2) is 19.7 Å². The van der Waals surface area contributed by atoms with Gasteiger partial charge in [0.25, 0.3) is 0 Å². The maximum atomic E-state index is 5.29. The molecule has 2 aromatic rings. The Morgan fingerprint density at radius 3 is 2.59 bits per heavy atom. The molecule has 0 aliphatic carbocycles. The lowest BCUT2D eigenvalue weighted by Crippen LogP contribution is -2.13. The van der Waals surface area contributed by atoms with E-state index in [-0.39, 0.29) is 0 Å². The summed E-state index contributed by atoms with van der Waals surface area (Å²) in [5.41, 5.74) is 4.27. The number of anilines is 1. The lowest BCUT2D eigenvalue weighted by Gasteiger charge is -2.07. The van der Waals surface area contributed by atoms with Crippen LogP contribution in [0.15, 0.2) is 15.1 Å². The molecule has 0 saturated heterocycles. The van der Waals surface area contributed by atoms with E-state index in [1.807, 2.05) is 13.8 Å². The van der Waals surface area contributed by atoms with Crippen LogP contribution < -0.4 is 11.3 Å². The van der Waals surface area contributed by atoms with Gasteiger partial charge in [0.15, 0.2) is 5.82 Å². The third kappa shape index (κ3) is 2.20. The Hall–Kier alpha value is -0.990. The Kier molecular flexibility index (Phi) is 3.45. The van der Waals surface area contributed by atoms with E-state index in [1.54, 1.807) is 10.9 Å². The quantitative estimate of drug-likeness (QED) is 0.632. The van der Waals surface area contributed by atoms with E-state index in [0.29, 0.717) is 11.8 Å². The summed E-state index contributed by atoms with van der Waals surface area (Å²) in [6, 6.07) is 0. The Morgan fingerprint density at radius 1 is 1.35 bits per heavy atom. The number of halogens is 2. The number of nitrogens with one attached hydrogen (secondary N) is 1. The van der Waals surface area contributed by atoms with Gasteiger partial charge in [-0.05, 0) is 45.7 Å². The van der Waals surface area contributed by atoms with Crippen LogP contribution >= 0.6 is 31.9 Å². The first-order valence-corrected chi connectivity index (χ1v) is 6.34. The first-order valence-electron chi connectivity index (χ1n) is 4.76. The number of nitrogens with zero attached hydrogens (tertiary/aromatic N) is 4. The van der Waals surface area contributed by atoms with Crippen LogP contribution in [0.1, 0.15) is 11.4 Å². The van der Waals surface area contributed by atoms with Crippen molar-refractivity contribution in [1.82, 2.24) is 19.7 Å². The molecule has 0 aliphatic rings. The van der Waals surface area contributed by atoms with Crippen molar-refractivity contribution in [2.45, 2.75) is 13.8 Å². The van der Waals surface area contributed by atoms with Gasteiger partial charge in [0.2, 0.25) is 5.95 Å². The Bertz CT molecular complexity index is 565. The number of aryl methyl sites for hydroxylation is 1. The summed E-state index contributed by atoms with van der Waals surface area (Å²) in [6.45, 7) is 3.87. The third-order valence-corrected chi connectivity index (χ3v) is 3.97. The molecule has 0 aliphatic heterocycles. The van der Waals surface area contributed by atoms with Crippen molar-refractivity contribution in [2.75, 3.05) is 5.43 Å². The molecule has 2 aromatic heterocycles. The molecule has 0 bridgehead atoms. The zero-order valence-corrected chi connectivity index (χ0v) is 12.4. The third-order valence-electron chi connectivity index (χ3n) is 2.26. The van der Waals surface area contributed by atoms with E-state index in [2.05, 4.69) is 52.4 Å². The second-order valence-electron chi connectivity index (χ2n) is 3.41. The first kappa shape index (κ1) is 12.5. The van der Waals surface area contributed by atoms with Gasteiger partial charge in [0, 0.05) is 6.20 Å². The molecule has 17 heavy (non-hydrogen) atoms. The Morgan fingerprint density at radius 2 is 2.06 bits per heavy atom. The monoisotopic (exact) mass is 360 g/mol. The molecule has 0 saturated carbocycles. The lowest BCUT2D eigenvalue weighted by atomic mass is 10.4. The fourth-order valence-corrected chi connectivity index (χ4v) is 2.01. The normalized spacial score (nSPS) is 10.6. The molecular weight excluding hydrogens is 352 g/mol. The highest BCUT2D eigenvalue weighted by molar-refractivity contribution is 9.11. The highest BCUT2D eigenvalue weighted by atomic mass is 79.9. The summed E-state index contributed by atoms with van der Waals surface area (Å²) in [7, 11) is 0. The van der Waals surface area contributed by atoms with Gasteiger partial charge in [0.1, 0.15) is 0 Å². The van der Waals surface area contributed by atoms with E-state index in [1.165, 1.54) is 0 Å². The van der Waals surface area contributed by atoms with Crippen LogP contribution in [0.25, 0.3) is 5.82 Å². The first-order chi connectivity index (χ1) is 8.04. The Balaban J connectivity index is 2.63. The summed E-state index contributed by atoms with van der Waals surface area (Å²) in [5.74, 6) is 6.27. The minimum atomic E-state index is 0.340.